The lowest BCUT2D eigenvalue weighted by molar-refractivity contribution is 0.193. The van der Waals surface area contributed by atoms with E-state index >= 15 is 0 Å². The van der Waals surface area contributed by atoms with Crippen molar-refractivity contribution in [2.75, 3.05) is 18.4 Å². The summed E-state index contributed by atoms with van der Waals surface area (Å²) in [7, 11) is 0. The number of aromatic nitrogens is 1. The van der Waals surface area contributed by atoms with Gasteiger partial charge in [-0.05, 0) is 34.0 Å². The van der Waals surface area contributed by atoms with Crippen molar-refractivity contribution in [2.45, 2.75) is 6.92 Å². The van der Waals surface area contributed by atoms with Gasteiger partial charge in [0.25, 0.3) is 0 Å². The van der Waals surface area contributed by atoms with Crippen LogP contribution in [0.3, 0.4) is 0 Å². The van der Waals surface area contributed by atoms with Crippen molar-refractivity contribution in [3.63, 3.8) is 0 Å². The highest BCUT2D eigenvalue weighted by molar-refractivity contribution is 9.10. The van der Waals surface area contributed by atoms with Crippen LogP contribution in [0, 0.1) is 5.92 Å². The van der Waals surface area contributed by atoms with Crippen LogP contribution in [0.5, 0.6) is 0 Å². The Kier molecular flexibility index (Phi) is 5.04. The fourth-order valence-electron chi connectivity index (χ4n) is 1.09. The maximum atomic E-state index is 10.3. The Morgan fingerprint density at radius 1 is 1.56 bits per heavy atom. The summed E-state index contributed by atoms with van der Waals surface area (Å²) in [6.45, 7) is 3.07. The number of pyridine rings is 1. The number of rotatable bonds is 5. The van der Waals surface area contributed by atoms with Gasteiger partial charge in [0.05, 0.1) is 0 Å². The van der Waals surface area contributed by atoms with E-state index in [1.54, 1.807) is 6.20 Å². The molecule has 0 aliphatic rings. The Labute approximate surface area is 102 Å². The molecule has 16 heavy (non-hydrogen) atoms. The van der Waals surface area contributed by atoms with Crippen LogP contribution < -0.4 is 10.6 Å². The van der Waals surface area contributed by atoms with E-state index in [0.29, 0.717) is 13.1 Å². The second-order valence-electron chi connectivity index (χ2n) is 3.53. The predicted molar refractivity (Wildman–Crippen MR) is 65.6 cm³/mol. The molecule has 0 bridgehead atoms. The van der Waals surface area contributed by atoms with Crippen molar-refractivity contribution in [2.24, 2.45) is 5.92 Å². The molecule has 3 N–H and O–H groups in total. The molecular weight excluding hydrogens is 274 g/mol. The summed E-state index contributed by atoms with van der Waals surface area (Å²) in [6.07, 6.45) is 0.719. The first-order valence-corrected chi connectivity index (χ1v) is 5.69. The predicted octanol–water partition coefficient (Wildman–Crippen LogP) is 2.16. The van der Waals surface area contributed by atoms with E-state index < -0.39 is 6.09 Å². The van der Waals surface area contributed by atoms with Crippen LogP contribution in [0.1, 0.15) is 6.92 Å². The third-order valence-electron chi connectivity index (χ3n) is 1.96. The van der Waals surface area contributed by atoms with E-state index in [0.717, 1.165) is 10.3 Å². The molecule has 5 nitrogen and oxygen atoms in total. The van der Waals surface area contributed by atoms with Gasteiger partial charge in [0, 0.05) is 23.8 Å². The Balaban J connectivity index is 2.28. The number of nitrogens with one attached hydrogen (secondary N) is 2. The number of anilines is 1. The van der Waals surface area contributed by atoms with Gasteiger partial charge < -0.3 is 15.7 Å². The molecule has 1 aromatic rings. The standard InChI is InChI=1S/C10H14BrN3O2/c1-7(5-14-10(15)16)4-12-9-3-2-8(11)6-13-9/h2-3,6-7,14H,4-5H2,1H3,(H,12,13)(H,15,16). The number of amides is 1. The summed E-state index contributed by atoms with van der Waals surface area (Å²) in [4.78, 5) is 14.4. The molecule has 0 radical (unpaired) electrons. The van der Waals surface area contributed by atoms with E-state index in [2.05, 4.69) is 31.5 Å². The van der Waals surface area contributed by atoms with Crippen LogP contribution in [-0.4, -0.2) is 29.3 Å². The fourth-order valence-corrected chi connectivity index (χ4v) is 1.33. The SMILES string of the molecule is CC(CNC(=O)O)CNc1ccc(Br)cn1. The molecule has 1 unspecified atom stereocenters. The Morgan fingerprint density at radius 3 is 2.88 bits per heavy atom. The molecule has 1 aromatic heterocycles. The minimum atomic E-state index is -0.992. The van der Waals surface area contributed by atoms with Crippen molar-refractivity contribution >= 4 is 27.8 Å². The molecule has 0 fully saturated rings. The topological polar surface area (TPSA) is 74.2 Å². The molecule has 0 saturated heterocycles. The van der Waals surface area contributed by atoms with E-state index in [9.17, 15) is 4.79 Å². The van der Waals surface area contributed by atoms with E-state index in [4.69, 9.17) is 5.11 Å². The molecular formula is C10H14BrN3O2. The van der Waals surface area contributed by atoms with E-state index in [1.807, 2.05) is 19.1 Å². The van der Waals surface area contributed by atoms with Crippen LogP contribution in [0.4, 0.5) is 10.6 Å². The van der Waals surface area contributed by atoms with Gasteiger partial charge in [0.15, 0.2) is 0 Å². The molecule has 1 atom stereocenters. The molecule has 1 rings (SSSR count). The first-order valence-electron chi connectivity index (χ1n) is 4.90. The number of carboxylic acid groups (broad SMARTS) is 1. The zero-order chi connectivity index (χ0) is 12.0. The molecule has 1 amide bonds. The lowest BCUT2D eigenvalue weighted by Crippen LogP contribution is -2.29. The Bertz CT molecular complexity index is 342. The van der Waals surface area contributed by atoms with Gasteiger partial charge in [-0.1, -0.05) is 6.92 Å². The quantitative estimate of drug-likeness (QED) is 0.776. The van der Waals surface area contributed by atoms with Crippen molar-refractivity contribution in [3.8, 4) is 0 Å². The minimum Gasteiger partial charge on any atom is -0.465 e. The average Bonchev–Trinajstić information content (AvgIpc) is 2.25. The first-order chi connectivity index (χ1) is 7.58. The summed E-state index contributed by atoms with van der Waals surface area (Å²) >= 11 is 3.30. The molecule has 88 valence electrons. The number of hydrogen-bond acceptors (Lipinski definition) is 3. The molecule has 6 heteroatoms. The molecule has 0 saturated carbocycles. The highest BCUT2D eigenvalue weighted by atomic mass is 79.9. The minimum absolute atomic E-state index is 0.210. The number of carbonyl (C=O) groups is 1. The number of halogens is 1. The summed E-state index contributed by atoms with van der Waals surface area (Å²) in [6, 6.07) is 3.76. The second-order valence-corrected chi connectivity index (χ2v) is 4.45. The van der Waals surface area contributed by atoms with Crippen molar-refractivity contribution in [1.82, 2.24) is 10.3 Å². The molecule has 1 heterocycles. The average molecular weight is 288 g/mol. The fraction of sp³-hybridized carbons (Fsp3) is 0.400. The number of nitrogens with zero attached hydrogens (tertiary/aromatic N) is 1. The first kappa shape index (κ1) is 12.8. The molecule has 0 aliphatic carbocycles. The maximum Gasteiger partial charge on any atom is 0.404 e. The smallest absolute Gasteiger partial charge is 0.404 e. The normalized spacial score (nSPS) is 11.9. The van der Waals surface area contributed by atoms with Gasteiger partial charge in [-0.15, -0.1) is 0 Å². The lowest BCUT2D eigenvalue weighted by Gasteiger charge is -2.12. The summed E-state index contributed by atoms with van der Waals surface area (Å²) in [5, 5.41) is 13.9. The monoisotopic (exact) mass is 287 g/mol. The zero-order valence-corrected chi connectivity index (χ0v) is 10.5. The summed E-state index contributed by atoms with van der Waals surface area (Å²) < 4.78 is 0.929. The highest BCUT2D eigenvalue weighted by Gasteiger charge is 2.04. The van der Waals surface area contributed by atoms with Crippen molar-refractivity contribution in [1.29, 1.82) is 0 Å². The van der Waals surface area contributed by atoms with Gasteiger partial charge in [-0.25, -0.2) is 9.78 Å². The Morgan fingerprint density at radius 2 is 2.31 bits per heavy atom. The van der Waals surface area contributed by atoms with Gasteiger partial charge >= 0.3 is 6.09 Å². The second kappa shape index (κ2) is 6.32. The van der Waals surface area contributed by atoms with Gasteiger partial charge in [0.1, 0.15) is 5.82 Å². The lowest BCUT2D eigenvalue weighted by atomic mass is 10.2. The van der Waals surface area contributed by atoms with E-state index in [1.165, 1.54) is 0 Å². The summed E-state index contributed by atoms with van der Waals surface area (Å²) in [5.41, 5.74) is 0. The van der Waals surface area contributed by atoms with Crippen LogP contribution in [0.25, 0.3) is 0 Å². The van der Waals surface area contributed by atoms with Crippen molar-refractivity contribution < 1.29 is 9.90 Å². The largest absolute Gasteiger partial charge is 0.465 e. The van der Waals surface area contributed by atoms with Crippen LogP contribution in [-0.2, 0) is 0 Å². The molecule has 0 aromatic carbocycles. The molecule has 0 aliphatic heterocycles. The van der Waals surface area contributed by atoms with Gasteiger partial charge in [0.2, 0.25) is 0 Å². The van der Waals surface area contributed by atoms with Gasteiger partial charge in [-0.3, -0.25) is 0 Å². The van der Waals surface area contributed by atoms with Crippen LogP contribution in [0.2, 0.25) is 0 Å². The summed E-state index contributed by atoms with van der Waals surface area (Å²) in [5.74, 6) is 0.993. The highest BCUT2D eigenvalue weighted by Crippen LogP contribution is 2.10. The van der Waals surface area contributed by atoms with Gasteiger partial charge in [-0.2, -0.15) is 0 Å². The van der Waals surface area contributed by atoms with E-state index in [-0.39, 0.29) is 5.92 Å². The molecule has 0 spiro atoms. The van der Waals surface area contributed by atoms with Crippen LogP contribution in [0.15, 0.2) is 22.8 Å². The maximum absolute atomic E-state index is 10.3. The van der Waals surface area contributed by atoms with Crippen LogP contribution >= 0.6 is 15.9 Å². The van der Waals surface area contributed by atoms with Crippen molar-refractivity contribution in [3.05, 3.63) is 22.8 Å². The Hall–Kier alpha value is -1.30. The third kappa shape index (κ3) is 4.97. The number of hydrogen-bond donors (Lipinski definition) is 3. The third-order valence-corrected chi connectivity index (χ3v) is 2.43. The zero-order valence-electron chi connectivity index (χ0n) is 8.90.